The summed E-state index contributed by atoms with van der Waals surface area (Å²) in [6, 6.07) is 5.00. The zero-order valence-corrected chi connectivity index (χ0v) is 20.9. The zero-order chi connectivity index (χ0) is 25.6. The van der Waals surface area contributed by atoms with Crippen LogP contribution in [0.25, 0.3) is 11.3 Å². The van der Waals surface area contributed by atoms with E-state index in [9.17, 15) is 10.0 Å². The van der Waals surface area contributed by atoms with E-state index in [0.29, 0.717) is 52.8 Å². The topological polar surface area (TPSA) is 111 Å². The van der Waals surface area contributed by atoms with Gasteiger partial charge in [-0.2, -0.15) is 0 Å². The van der Waals surface area contributed by atoms with Crippen molar-refractivity contribution < 1.29 is 24.2 Å². The molecule has 188 valence electrons. The number of nitrogens with zero attached hydrogens (tertiary/aromatic N) is 5. The van der Waals surface area contributed by atoms with Crippen LogP contribution >= 0.6 is 0 Å². The fraction of sp³-hybridized carbons (Fsp3) is 0.520. The standard InChI is InChI=1S/C25H33N5O5/c1-7-18-11-12-20(21(14-18)34-16-33-8-2)22-17(3)26-23(30(32)28-22)27-19-10-9-13-29(15-19)24(31)35-25(4,5)6/h1,11-12,14,19,32H,8-10,13,15-16H2,2-6H3/t19-/m1/s1. The van der Waals surface area contributed by atoms with Crippen LogP contribution in [-0.2, 0) is 9.47 Å². The van der Waals surface area contributed by atoms with E-state index in [0.717, 1.165) is 12.8 Å². The van der Waals surface area contributed by atoms with E-state index in [-0.39, 0.29) is 24.5 Å². The Balaban J connectivity index is 1.88. The van der Waals surface area contributed by atoms with Gasteiger partial charge in [0, 0.05) is 30.8 Å². The molecule has 1 aliphatic rings. The Kier molecular flexibility index (Phi) is 8.35. The van der Waals surface area contributed by atoms with Crippen molar-refractivity contribution in [1.82, 2.24) is 19.8 Å². The summed E-state index contributed by atoms with van der Waals surface area (Å²) < 4.78 is 16.5. The van der Waals surface area contributed by atoms with Crippen molar-refractivity contribution in [3.8, 4) is 29.4 Å². The highest BCUT2D eigenvalue weighted by Gasteiger charge is 2.27. The first-order valence-corrected chi connectivity index (χ1v) is 11.6. The number of piperidine rings is 1. The maximum absolute atomic E-state index is 12.5. The molecule has 10 nitrogen and oxygen atoms in total. The van der Waals surface area contributed by atoms with Gasteiger partial charge >= 0.3 is 6.09 Å². The number of aryl methyl sites for hydroxylation is 1. The predicted molar refractivity (Wildman–Crippen MR) is 129 cm³/mol. The van der Waals surface area contributed by atoms with E-state index < -0.39 is 5.60 Å². The van der Waals surface area contributed by atoms with Gasteiger partial charge in [0.15, 0.2) is 6.79 Å². The number of hydrogen-bond donors (Lipinski definition) is 1. The minimum absolute atomic E-state index is 0.0480. The van der Waals surface area contributed by atoms with Gasteiger partial charge in [0.25, 0.3) is 5.62 Å². The molecule has 0 spiro atoms. The van der Waals surface area contributed by atoms with Crippen LogP contribution in [0.3, 0.4) is 0 Å². The minimum Gasteiger partial charge on any atom is -0.467 e. The molecular formula is C25H33N5O5. The van der Waals surface area contributed by atoms with Crippen LogP contribution in [0.1, 0.15) is 51.8 Å². The molecule has 0 unspecified atom stereocenters. The lowest BCUT2D eigenvalue weighted by Crippen LogP contribution is -2.45. The van der Waals surface area contributed by atoms with Gasteiger partial charge in [-0.05, 0) is 65.7 Å². The molecule has 1 aromatic carbocycles. The molecule has 1 fully saturated rings. The van der Waals surface area contributed by atoms with E-state index in [4.69, 9.17) is 20.6 Å². The van der Waals surface area contributed by atoms with Crippen LogP contribution in [0.15, 0.2) is 23.2 Å². The average molecular weight is 484 g/mol. The lowest BCUT2D eigenvalue weighted by molar-refractivity contribution is 0.0198. The first kappa shape index (κ1) is 26.0. The molecule has 1 aromatic heterocycles. The summed E-state index contributed by atoms with van der Waals surface area (Å²) in [5.41, 5.74) is 1.69. The van der Waals surface area contributed by atoms with Crippen molar-refractivity contribution in [2.45, 2.75) is 59.1 Å². The highest BCUT2D eigenvalue weighted by molar-refractivity contribution is 5.70. The number of terminal acetylenes is 1. The molecule has 1 saturated heterocycles. The zero-order valence-electron chi connectivity index (χ0n) is 20.9. The Morgan fingerprint density at radius 1 is 1.37 bits per heavy atom. The van der Waals surface area contributed by atoms with Gasteiger partial charge in [0.1, 0.15) is 17.0 Å². The van der Waals surface area contributed by atoms with Crippen molar-refractivity contribution in [3.05, 3.63) is 35.1 Å². The van der Waals surface area contributed by atoms with Gasteiger partial charge < -0.3 is 24.3 Å². The van der Waals surface area contributed by atoms with Gasteiger partial charge in [0.05, 0.1) is 11.7 Å². The van der Waals surface area contributed by atoms with Gasteiger partial charge in [-0.1, -0.05) is 10.8 Å². The Hall–Kier alpha value is -3.58. The minimum atomic E-state index is -0.572. The monoisotopic (exact) mass is 483 g/mol. The third-order valence-electron chi connectivity index (χ3n) is 5.24. The number of carbonyl (C=O) groups is 1. The Bertz CT molecular complexity index is 1160. The SMILES string of the molecule is C#Cc1ccc(-c2nn(O)c(=N[C@@H]3CCCN(C(=O)OC(C)(C)C)C3)nc2C)c(OCOCC)c1. The van der Waals surface area contributed by atoms with E-state index in [1.807, 2.05) is 27.7 Å². The summed E-state index contributed by atoms with van der Waals surface area (Å²) in [6.07, 6.45) is 6.68. The van der Waals surface area contributed by atoms with Crippen molar-refractivity contribution in [2.24, 2.45) is 4.99 Å². The molecule has 0 bridgehead atoms. The van der Waals surface area contributed by atoms with Crippen LogP contribution in [0.4, 0.5) is 4.79 Å². The molecule has 3 rings (SSSR count). The number of likely N-dealkylation sites (tertiary alicyclic amines) is 1. The van der Waals surface area contributed by atoms with E-state index in [1.54, 1.807) is 30.0 Å². The summed E-state index contributed by atoms with van der Waals surface area (Å²) >= 11 is 0. The summed E-state index contributed by atoms with van der Waals surface area (Å²) in [4.78, 5) is 23.8. The molecule has 1 amide bonds. The number of aromatic nitrogens is 3. The molecule has 10 heteroatoms. The number of ether oxygens (including phenoxy) is 3. The fourth-order valence-electron chi connectivity index (χ4n) is 3.62. The summed E-state index contributed by atoms with van der Waals surface area (Å²) in [7, 11) is 0. The molecule has 1 aliphatic heterocycles. The Morgan fingerprint density at radius 3 is 2.83 bits per heavy atom. The molecule has 2 heterocycles. The largest absolute Gasteiger partial charge is 0.467 e. The third-order valence-corrected chi connectivity index (χ3v) is 5.24. The van der Waals surface area contributed by atoms with Crippen LogP contribution in [0.5, 0.6) is 5.75 Å². The van der Waals surface area contributed by atoms with E-state index in [2.05, 4.69) is 21.0 Å². The third kappa shape index (κ3) is 6.96. The normalized spacial score (nSPS) is 16.6. The van der Waals surface area contributed by atoms with Gasteiger partial charge in [-0.25, -0.2) is 14.8 Å². The van der Waals surface area contributed by atoms with E-state index >= 15 is 0 Å². The lowest BCUT2D eigenvalue weighted by Gasteiger charge is -2.32. The molecule has 2 aromatic rings. The summed E-state index contributed by atoms with van der Waals surface area (Å²) in [5.74, 6) is 3.05. The Morgan fingerprint density at radius 2 is 2.14 bits per heavy atom. The molecule has 1 atom stereocenters. The fourth-order valence-corrected chi connectivity index (χ4v) is 3.62. The maximum Gasteiger partial charge on any atom is 0.410 e. The van der Waals surface area contributed by atoms with Crippen LogP contribution in [0, 0.1) is 19.3 Å². The van der Waals surface area contributed by atoms with Crippen LogP contribution in [-0.4, -0.2) is 69.3 Å². The van der Waals surface area contributed by atoms with Gasteiger partial charge in [-0.15, -0.1) is 11.5 Å². The van der Waals surface area contributed by atoms with Gasteiger partial charge in [-0.3, -0.25) is 0 Å². The second-order valence-corrected chi connectivity index (χ2v) is 9.20. The number of benzene rings is 1. The first-order chi connectivity index (χ1) is 16.6. The van der Waals surface area contributed by atoms with Crippen LogP contribution < -0.4 is 10.4 Å². The first-order valence-electron chi connectivity index (χ1n) is 11.6. The molecule has 0 aliphatic carbocycles. The van der Waals surface area contributed by atoms with Crippen molar-refractivity contribution >= 4 is 6.09 Å². The van der Waals surface area contributed by atoms with Crippen LogP contribution in [0.2, 0.25) is 0 Å². The smallest absolute Gasteiger partial charge is 0.410 e. The average Bonchev–Trinajstić information content (AvgIpc) is 2.80. The number of carbonyl (C=O) groups excluding carboxylic acids is 1. The summed E-state index contributed by atoms with van der Waals surface area (Å²) in [6.45, 7) is 10.7. The van der Waals surface area contributed by atoms with Gasteiger partial charge in [0.2, 0.25) is 0 Å². The second kappa shape index (κ2) is 11.2. The lowest BCUT2D eigenvalue weighted by atomic mass is 10.1. The van der Waals surface area contributed by atoms with Crippen molar-refractivity contribution in [3.63, 3.8) is 0 Å². The van der Waals surface area contributed by atoms with Crippen molar-refractivity contribution in [2.75, 3.05) is 26.5 Å². The maximum atomic E-state index is 12.5. The Labute approximate surface area is 205 Å². The van der Waals surface area contributed by atoms with E-state index in [1.165, 1.54) is 0 Å². The number of amides is 1. The molecule has 0 radical (unpaired) electrons. The molecule has 0 saturated carbocycles. The molecule has 1 N–H and O–H groups in total. The highest BCUT2D eigenvalue weighted by atomic mass is 16.7. The summed E-state index contributed by atoms with van der Waals surface area (Å²) in [5, 5.41) is 14.9. The quantitative estimate of drug-likeness (QED) is 0.291. The number of hydrogen-bond acceptors (Lipinski definition) is 8. The molecule has 35 heavy (non-hydrogen) atoms. The predicted octanol–water partition coefficient (Wildman–Crippen LogP) is 3.15. The van der Waals surface area contributed by atoms with Crippen molar-refractivity contribution in [1.29, 1.82) is 0 Å². The number of rotatable bonds is 6. The highest BCUT2D eigenvalue weighted by Crippen LogP contribution is 2.30. The second-order valence-electron chi connectivity index (χ2n) is 9.20. The molecular weight excluding hydrogens is 450 g/mol.